The Hall–Kier alpha value is -0.650. The molecule has 0 aliphatic carbocycles. The third kappa shape index (κ3) is 7.50. The average molecular weight is 270 g/mol. The number of nitrogens with one attached hydrogen (secondary N) is 1. The number of nitrogens with zero attached hydrogens (tertiary/aromatic N) is 2. The molecule has 0 aromatic rings. The quantitative estimate of drug-likeness (QED) is 0.621. The maximum atomic E-state index is 11.5. The molecule has 1 aliphatic heterocycles. The van der Waals surface area contributed by atoms with Gasteiger partial charge in [0.1, 0.15) is 0 Å². The van der Waals surface area contributed by atoms with E-state index in [-0.39, 0.29) is 5.91 Å². The van der Waals surface area contributed by atoms with Crippen LogP contribution in [0.5, 0.6) is 0 Å². The highest BCUT2D eigenvalue weighted by molar-refractivity contribution is 5.75. The lowest BCUT2D eigenvalue weighted by molar-refractivity contribution is -0.121. The fraction of sp³-hybridized carbons (Fsp3) is 0.929. The van der Waals surface area contributed by atoms with Crippen LogP contribution in [0.15, 0.2) is 0 Å². The molecule has 0 bridgehead atoms. The van der Waals surface area contributed by atoms with Crippen LogP contribution in [0, 0.1) is 0 Å². The zero-order valence-corrected chi connectivity index (χ0v) is 12.4. The zero-order valence-electron chi connectivity index (χ0n) is 12.4. The van der Waals surface area contributed by atoms with Crippen LogP contribution in [-0.2, 0) is 4.79 Å². The summed E-state index contributed by atoms with van der Waals surface area (Å²) in [6.07, 6.45) is 4.16. The molecule has 1 fully saturated rings. The molecule has 0 aromatic carbocycles. The normalized spacial score (nSPS) is 18.2. The Morgan fingerprint density at radius 2 is 1.79 bits per heavy atom. The molecule has 1 aliphatic rings. The lowest BCUT2D eigenvalue weighted by Crippen LogP contribution is -2.34. The second kappa shape index (κ2) is 10.2. The molecular formula is C14H30N4O. The topological polar surface area (TPSA) is 61.6 Å². The Morgan fingerprint density at radius 1 is 1.11 bits per heavy atom. The van der Waals surface area contributed by atoms with Crippen molar-refractivity contribution in [3.05, 3.63) is 0 Å². The molecular weight excluding hydrogens is 240 g/mol. The third-order valence-electron chi connectivity index (χ3n) is 3.64. The molecule has 112 valence electrons. The number of amides is 1. The highest BCUT2D eigenvalue weighted by atomic mass is 16.1. The van der Waals surface area contributed by atoms with E-state index in [0.717, 1.165) is 45.7 Å². The van der Waals surface area contributed by atoms with Crippen molar-refractivity contribution in [2.24, 2.45) is 5.73 Å². The molecule has 19 heavy (non-hydrogen) atoms. The SMILES string of the molecule is CCNC(=O)CCN1CCCN(CCCCN)CC1. The molecule has 0 radical (unpaired) electrons. The van der Waals surface area contributed by atoms with E-state index in [0.29, 0.717) is 6.42 Å². The zero-order chi connectivity index (χ0) is 13.9. The van der Waals surface area contributed by atoms with Crippen LogP contribution in [0.2, 0.25) is 0 Å². The molecule has 0 spiro atoms. The van der Waals surface area contributed by atoms with Crippen molar-refractivity contribution < 1.29 is 4.79 Å². The first-order valence-electron chi connectivity index (χ1n) is 7.67. The van der Waals surface area contributed by atoms with E-state index in [2.05, 4.69) is 15.1 Å². The molecule has 1 heterocycles. The first kappa shape index (κ1) is 16.4. The Morgan fingerprint density at radius 3 is 2.42 bits per heavy atom. The minimum Gasteiger partial charge on any atom is -0.356 e. The van der Waals surface area contributed by atoms with Crippen LogP contribution in [-0.4, -0.2) is 68.1 Å². The predicted molar refractivity (Wildman–Crippen MR) is 79.1 cm³/mol. The number of rotatable bonds is 8. The van der Waals surface area contributed by atoms with Crippen molar-refractivity contribution >= 4 is 5.91 Å². The summed E-state index contributed by atoms with van der Waals surface area (Å²) in [6, 6.07) is 0. The summed E-state index contributed by atoms with van der Waals surface area (Å²) < 4.78 is 0. The van der Waals surface area contributed by atoms with Crippen LogP contribution in [0.3, 0.4) is 0 Å². The highest BCUT2D eigenvalue weighted by Gasteiger charge is 2.14. The first-order valence-corrected chi connectivity index (χ1v) is 7.67. The van der Waals surface area contributed by atoms with Gasteiger partial charge in [-0.2, -0.15) is 0 Å². The number of nitrogens with two attached hydrogens (primary N) is 1. The largest absolute Gasteiger partial charge is 0.356 e. The van der Waals surface area contributed by atoms with Crippen LogP contribution in [0.4, 0.5) is 0 Å². The first-order chi connectivity index (χ1) is 9.26. The van der Waals surface area contributed by atoms with Crippen LogP contribution in [0.1, 0.15) is 32.6 Å². The van der Waals surface area contributed by atoms with Crippen molar-refractivity contribution in [1.29, 1.82) is 0 Å². The van der Waals surface area contributed by atoms with Gasteiger partial charge in [0, 0.05) is 32.6 Å². The molecule has 0 atom stereocenters. The fourth-order valence-electron chi connectivity index (χ4n) is 2.50. The highest BCUT2D eigenvalue weighted by Crippen LogP contribution is 2.05. The predicted octanol–water partition coefficient (Wildman–Crippen LogP) is 0.259. The number of carbonyl (C=O) groups is 1. The van der Waals surface area contributed by atoms with Gasteiger partial charge in [-0.1, -0.05) is 0 Å². The third-order valence-corrected chi connectivity index (χ3v) is 3.64. The molecule has 0 aromatic heterocycles. The minimum absolute atomic E-state index is 0.173. The van der Waals surface area contributed by atoms with Crippen molar-refractivity contribution in [1.82, 2.24) is 15.1 Å². The Bertz CT molecular complexity index is 248. The van der Waals surface area contributed by atoms with E-state index in [4.69, 9.17) is 5.73 Å². The monoisotopic (exact) mass is 270 g/mol. The van der Waals surface area contributed by atoms with Crippen LogP contribution >= 0.6 is 0 Å². The van der Waals surface area contributed by atoms with E-state index in [1.165, 1.54) is 25.9 Å². The van der Waals surface area contributed by atoms with Gasteiger partial charge < -0.3 is 20.9 Å². The lowest BCUT2D eigenvalue weighted by atomic mass is 10.3. The van der Waals surface area contributed by atoms with Gasteiger partial charge >= 0.3 is 0 Å². The minimum atomic E-state index is 0.173. The van der Waals surface area contributed by atoms with E-state index in [9.17, 15) is 4.79 Å². The van der Waals surface area contributed by atoms with Gasteiger partial charge in [-0.05, 0) is 52.4 Å². The van der Waals surface area contributed by atoms with Gasteiger partial charge in [0.2, 0.25) is 5.91 Å². The molecule has 1 amide bonds. The lowest BCUT2D eigenvalue weighted by Gasteiger charge is -2.21. The van der Waals surface area contributed by atoms with Crippen molar-refractivity contribution in [2.75, 3.05) is 52.4 Å². The molecule has 3 N–H and O–H groups in total. The smallest absolute Gasteiger partial charge is 0.221 e. The number of hydrogen-bond donors (Lipinski definition) is 2. The van der Waals surface area contributed by atoms with Gasteiger partial charge in [-0.25, -0.2) is 0 Å². The van der Waals surface area contributed by atoms with Gasteiger partial charge in [-0.15, -0.1) is 0 Å². The maximum absolute atomic E-state index is 11.5. The average Bonchev–Trinajstić information content (AvgIpc) is 2.63. The Labute approximate surface area is 117 Å². The number of unbranched alkanes of at least 4 members (excludes halogenated alkanes) is 1. The number of carbonyl (C=O) groups excluding carboxylic acids is 1. The van der Waals surface area contributed by atoms with Crippen LogP contribution in [0.25, 0.3) is 0 Å². The Kier molecular flexibility index (Phi) is 8.79. The molecule has 0 saturated carbocycles. The summed E-state index contributed by atoms with van der Waals surface area (Å²) in [5.74, 6) is 0.173. The summed E-state index contributed by atoms with van der Waals surface area (Å²) in [5.41, 5.74) is 5.52. The van der Waals surface area contributed by atoms with E-state index in [1.807, 2.05) is 6.92 Å². The van der Waals surface area contributed by atoms with Gasteiger partial charge in [0.25, 0.3) is 0 Å². The molecule has 1 rings (SSSR count). The molecule has 1 saturated heterocycles. The number of hydrogen-bond acceptors (Lipinski definition) is 4. The maximum Gasteiger partial charge on any atom is 0.221 e. The van der Waals surface area contributed by atoms with E-state index in [1.54, 1.807) is 0 Å². The van der Waals surface area contributed by atoms with Gasteiger partial charge in [-0.3, -0.25) is 4.79 Å². The second-order valence-corrected chi connectivity index (χ2v) is 5.24. The fourth-order valence-corrected chi connectivity index (χ4v) is 2.50. The standard InChI is InChI=1S/C14H30N4O/c1-2-16-14(19)6-11-18-10-5-9-17(12-13-18)8-4-3-7-15/h2-13,15H2,1H3,(H,16,19). The van der Waals surface area contributed by atoms with Crippen molar-refractivity contribution in [2.45, 2.75) is 32.6 Å². The van der Waals surface area contributed by atoms with Crippen molar-refractivity contribution in [3.63, 3.8) is 0 Å². The second-order valence-electron chi connectivity index (χ2n) is 5.24. The van der Waals surface area contributed by atoms with E-state index < -0.39 is 0 Å². The summed E-state index contributed by atoms with van der Waals surface area (Å²) in [4.78, 5) is 16.4. The van der Waals surface area contributed by atoms with Crippen molar-refractivity contribution in [3.8, 4) is 0 Å². The van der Waals surface area contributed by atoms with E-state index >= 15 is 0 Å². The summed E-state index contributed by atoms with van der Waals surface area (Å²) in [6.45, 7) is 10.1. The Balaban J connectivity index is 2.16. The summed E-state index contributed by atoms with van der Waals surface area (Å²) >= 11 is 0. The van der Waals surface area contributed by atoms with Gasteiger partial charge in [0.15, 0.2) is 0 Å². The van der Waals surface area contributed by atoms with Crippen LogP contribution < -0.4 is 11.1 Å². The summed E-state index contributed by atoms with van der Waals surface area (Å²) in [5, 5.41) is 2.86. The summed E-state index contributed by atoms with van der Waals surface area (Å²) in [7, 11) is 0. The van der Waals surface area contributed by atoms with Gasteiger partial charge in [0.05, 0.1) is 0 Å². The molecule has 0 unspecified atom stereocenters. The molecule has 5 nitrogen and oxygen atoms in total. The molecule has 5 heteroatoms.